The molecule has 2 aromatic heterocycles. The number of para-hydroxylation sites is 2. The number of fused-ring (bicyclic) bond motifs is 2. The predicted molar refractivity (Wildman–Crippen MR) is 155 cm³/mol. The lowest BCUT2D eigenvalue weighted by Gasteiger charge is -2.39. The van der Waals surface area contributed by atoms with Gasteiger partial charge in [0.1, 0.15) is 34.4 Å². The summed E-state index contributed by atoms with van der Waals surface area (Å²) in [5.41, 5.74) is 0.674. The molecule has 5 heterocycles. The van der Waals surface area contributed by atoms with Crippen LogP contribution in [0.2, 0.25) is 0 Å². The number of hydrogen-bond donors (Lipinski definition) is 2. The normalized spacial score (nSPS) is 23.7. The van der Waals surface area contributed by atoms with Gasteiger partial charge in [0.2, 0.25) is 5.96 Å². The smallest absolute Gasteiger partial charge is 0.410 e. The number of benzene rings is 1. The van der Waals surface area contributed by atoms with E-state index in [1.807, 2.05) is 50.6 Å². The van der Waals surface area contributed by atoms with E-state index in [2.05, 4.69) is 27.8 Å². The Balaban J connectivity index is 1.40. The number of ether oxygens (including phenoxy) is 2. The van der Waals surface area contributed by atoms with E-state index in [9.17, 15) is 9.90 Å². The monoisotopic (exact) mass is 564 g/mol. The standard InChI is InChI=1S/C29H40N8O4/c1-6-21-30-19-10-7-8-11-20(19)37(21)26-32-23-22(24(33-26)35-14-16-40-17-15-35)31-25(34(23)5)29(39)12-9-13-36(18-29)27(38)41-28(2,3)4/h7-8,10-11,24,39H,6,9,12-18H2,1-5H3,(H,32,33). The minimum atomic E-state index is -1.34. The van der Waals surface area contributed by atoms with Gasteiger partial charge in [0, 0.05) is 33.1 Å². The maximum absolute atomic E-state index is 12.9. The molecule has 0 aliphatic carbocycles. The molecule has 0 saturated carbocycles. The Morgan fingerprint density at radius 3 is 2.68 bits per heavy atom. The van der Waals surface area contributed by atoms with Crippen molar-refractivity contribution in [2.45, 2.75) is 64.3 Å². The number of piperidine rings is 1. The summed E-state index contributed by atoms with van der Waals surface area (Å²) in [6, 6.07) is 8.06. The lowest BCUT2D eigenvalue weighted by molar-refractivity contribution is -0.0529. The largest absolute Gasteiger partial charge is 0.444 e. The number of nitrogens with one attached hydrogen (secondary N) is 1. The Bertz CT molecular complexity index is 1480. The third-order valence-corrected chi connectivity index (χ3v) is 7.93. The van der Waals surface area contributed by atoms with Crippen molar-refractivity contribution >= 4 is 28.9 Å². The van der Waals surface area contributed by atoms with Crippen LogP contribution in [0, 0.1) is 0 Å². The molecule has 2 saturated heterocycles. The van der Waals surface area contributed by atoms with Crippen LogP contribution < -0.4 is 5.32 Å². The second-order valence-corrected chi connectivity index (χ2v) is 12.1. The van der Waals surface area contributed by atoms with Crippen LogP contribution in [0.4, 0.5) is 10.6 Å². The lowest BCUT2D eigenvalue weighted by atomic mass is 9.92. The minimum absolute atomic E-state index is 0.105. The number of morpholine rings is 1. The van der Waals surface area contributed by atoms with Crippen molar-refractivity contribution in [1.82, 2.24) is 28.9 Å². The molecule has 1 aromatic carbocycles. The number of anilines is 1. The maximum atomic E-state index is 12.9. The van der Waals surface area contributed by atoms with Crippen LogP contribution in [0.15, 0.2) is 29.3 Å². The van der Waals surface area contributed by atoms with Crippen LogP contribution in [0.3, 0.4) is 0 Å². The Labute approximate surface area is 240 Å². The van der Waals surface area contributed by atoms with Crippen LogP contribution in [0.5, 0.6) is 0 Å². The van der Waals surface area contributed by atoms with Gasteiger partial charge in [0.05, 0.1) is 30.8 Å². The topological polar surface area (TPSA) is 122 Å². The van der Waals surface area contributed by atoms with E-state index in [0.29, 0.717) is 44.4 Å². The summed E-state index contributed by atoms with van der Waals surface area (Å²) in [4.78, 5) is 31.9. The molecule has 3 aromatic rings. The van der Waals surface area contributed by atoms with E-state index in [1.165, 1.54) is 0 Å². The van der Waals surface area contributed by atoms with Gasteiger partial charge in [-0.1, -0.05) is 19.1 Å². The molecule has 3 aliphatic heterocycles. The molecule has 2 fully saturated rings. The van der Waals surface area contributed by atoms with Crippen molar-refractivity contribution in [2.24, 2.45) is 12.0 Å². The zero-order valence-electron chi connectivity index (χ0n) is 24.6. The Kier molecular flexibility index (Phi) is 7.03. The Hall–Kier alpha value is -3.48. The highest BCUT2D eigenvalue weighted by molar-refractivity contribution is 6.02. The lowest BCUT2D eigenvalue weighted by Crippen LogP contribution is -2.50. The fraction of sp³-hybridized carbons (Fsp3) is 0.586. The average Bonchev–Trinajstić information content (AvgIpc) is 3.50. The van der Waals surface area contributed by atoms with Crippen LogP contribution in [-0.4, -0.2) is 91.1 Å². The van der Waals surface area contributed by atoms with Crippen molar-refractivity contribution in [3.05, 3.63) is 41.6 Å². The van der Waals surface area contributed by atoms with Crippen molar-refractivity contribution in [1.29, 1.82) is 0 Å². The summed E-state index contributed by atoms with van der Waals surface area (Å²) < 4.78 is 15.3. The molecular weight excluding hydrogens is 524 g/mol. The number of carbonyl (C=O) groups excluding carboxylic acids is 1. The first-order chi connectivity index (χ1) is 19.6. The molecule has 1 amide bonds. The number of β-amino-alcohol motifs (C(OH)–C–C–N with tert-alkyl or cyclic N) is 1. The molecule has 220 valence electrons. The van der Waals surface area contributed by atoms with Gasteiger partial charge in [0.15, 0.2) is 6.17 Å². The third-order valence-electron chi connectivity index (χ3n) is 7.93. The number of imidazole rings is 2. The molecule has 41 heavy (non-hydrogen) atoms. The van der Waals surface area contributed by atoms with E-state index < -0.39 is 17.3 Å². The molecule has 0 radical (unpaired) electrons. The number of aliphatic imine (C=N–C) groups is 1. The first kappa shape index (κ1) is 27.7. The molecular formula is C29H40N8O4. The van der Waals surface area contributed by atoms with Gasteiger partial charge in [-0.15, -0.1) is 0 Å². The van der Waals surface area contributed by atoms with E-state index in [-0.39, 0.29) is 12.7 Å². The number of aromatic nitrogens is 4. The van der Waals surface area contributed by atoms with Gasteiger partial charge in [-0.3, -0.25) is 9.47 Å². The van der Waals surface area contributed by atoms with E-state index in [4.69, 9.17) is 24.4 Å². The Morgan fingerprint density at radius 2 is 1.95 bits per heavy atom. The predicted octanol–water partition coefficient (Wildman–Crippen LogP) is 3.21. The minimum Gasteiger partial charge on any atom is -0.444 e. The van der Waals surface area contributed by atoms with Gasteiger partial charge in [-0.2, -0.15) is 0 Å². The van der Waals surface area contributed by atoms with Gasteiger partial charge < -0.3 is 29.4 Å². The molecule has 6 rings (SSSR count). The van der Waals surface area contributed by atoms with E-state index >= 15 is 0 Å². The first-order valence-corrected chi connectivity index (χ1v) is 14.5. The van der Waals surface area contributed by atoms with Crippen LogP contribution >= 0.6 is 0 Å². The molecule has 0 bridgehead atoms. The average molecular weight is 565 g/mol. The fourth-order valence-corrected chi connectivity index (χ4v) is 6.02. The third kappa shape index (κ3) is 5.08. The summed E-state index contributed by atoms with van der Waals surface area (Å²) >= 11 is 0. The highest BCUT2D eigenvalue weighted by Gasteiger charge is 2.44. The molecule has 12 nitrogen and oxygen atoms in total. The maximum Gasteiger partial charge on any atom is 0.410 e. The summed E-state index contributed by atoms with van der Waals surface area (Å²) in [6.07, 6.45) is 1.06. The summed E-state index contributed by atoms with van der Waals surface area (Å²) in [6.45, 7) is 10.9. The number of likely N-dealkylation sites (tertiary alicyclic amines) is 1. The first-order valence-electron chi connectivity index (χ1n) is 14.5. The zero-order valence-corrected chi connectivity index (χ0v) is 24.6. The molecule has 2 N–H and O–H groups in total. The molecule has 3 aliphatic rings. The summed E-state index contributed by atoms with van der Waals surface area (Å²) in [5.74, 6) is 2.84. The second-order valence-electron chi connectivity index (χ2n) is 12.1. The number of aryl methyl sites for hydroxylation is 1. The number of hydrogen-bond acceptors (Lipinski definition) is 9. The van der Waals surface area contributed by atoms with Gasteiger partial charge in [0.25, 0.3) is 0 Å². The number of nitrogens with zero attached hydrogens (tertiary/aromatic N) is 7. The number of amides is 1. The van der Waals surface area contributed by atoms with E-state index in [1.54, 1.807) is 4.90 Å². The quantitative estimate of drug-likeness (QED) is 0.497. The van der Waals surface area contributed by atoms with Crippen molar-refractivity contribution < 1.29 is 19.4 Å². The van der Waals surface area contributed by atoms with Crippen LogP contribution in [-0.2, 0) is 28.5 Å². The number of rotatable bonds is 3. The number of carbonyl (C=O) groups is 1. The van der Waals surface area contributed by atoms with Gasteiger partial charge in [-0.05, 0) is 45.7 Å². The second kappa shape index (κ2) is 10.4. The number of aliphatic hydroxyl groups is 1. The molecule has 12 heteroatoms. The van der Waals surface area contributed by atoms with Gasteiger partial charge in [-0.25, -0.2) is 19.8 Å². The fourth-order valence-electron chi connectivity index (χ4n) is 6.02. The summed E-state index contributed by atoms with van der Waals surface area (Å²) in [7, 11) is 1.91. The van der Waals surface area contributed by atoms with Gasteiger partial charge >= 0.3 is 6.09 Å². The van der Waals surface area contributed by atoms with Crippen molar-refractivity contribution in [3.63, 3.8) is 0 Å². The Morgan fingerprint density at radius 1 is 1.20 bits per heavy atom. The zero-order chi connectivity index (χ0) is 28.9. The summed E-state index contributed by atoms with van der Waals surface area (Å²) in [5, 5.41) is 15.6. The van der Waals surface area contributed by atoms with Crippen molar-refractivity contribution in [2.75, 3.05) is 44.7 Å². The highest BCUT2D eigenvalue weighted by atomic mass is 16.6. The SMILES string of the molecule is CCc1nc2ccccc2n1C1=NC(N2CCOCC2)c2nc(C3(O)CCCN(C(=O)OC(C)(C)C)C3)n(C)c2N1. The van der Waals surface area contributed by atoms with Crippen LogP contribution in [0.25, 0.3) is 11.0 Å². The molecule has 0 spiro atoms. The van der Waals surface area contributed by atoms with E-state index in [0.717, 1.165) is 47.9 Å². The van der Waals surface area contributed by atoms with Crippen LogP contribution in [0.1, 0.15) is 64.0 Å². The molecule has 2 unspecified atom stereocenters. The molecule has 2 atom stereocenters. The highest BCUT2D eigenvalue weighted by Crippen LogP contribution is 2.39. The van der Waals surface area contributed by atoms with Crippen molar-refractivity contribution in [3.8, 4) is 0 Å².